The number of fused-ring (bicyclic) bond motifs is 1. The lowest BCUT2D eigenvalue weighted by Gasteiger charge is -2.31. The Morgan fingerprint density at radius 3 is 2.50 bits per heavy atom. The zero-order chi connectivity index (χ0) is 34.2. The van der Waals surface area contributed by atoms with E-state index in [1.54, 1.807) is 46.8 Å². The van der Waals surface area contributed by atoms with Crippen LogP contribution in [0.4, 0.5) is 10.5 Å². The number of nitrogens with one attached hydrogen (secondary N) is 3. The van der Waals surface area contributed by atoms with Crippen molar-refractivity contribution in [2.24, 2.45) is 22.4 Å². The van der Waals surface area contributed by atoms with E-state index in [4.69, 9.17) is 32.2 Å². The SMILES string of the molecule is CC(C)[C@H](NC(=O)OC(C)(C)C)C(=O)N1CCC[C@H]1C(=O)N[C@@H](CCCN=C(N)N)C(=O)Nc1ccc2c(CCl)cc(=O)oc2c1. The molecule has 1 fully saturated rings. The van der Waals surface area contributed by atoms with Crippen LogP contribution in [0.2, 0.25) is 0 Å². The number of nitrogens with two attached hydrogens (primary N) is 2. The molecule has 7 N–H and O–H groups in total. The Labute approximate surface area is 272 Å². The molecule has 0 bridgehead atoms. The maximum Gasteiger partial charge on any atom is 0.408 e. The zero-order valence-corrected chi connectivity index (χ0v) is 27.6. The minimum atomic E-state index is -1.02. The van der Waals surface area contributed by atoms with Gasteiger partial charge in [-0.3, -0.25) is 19.4 Å². The van der Waals surface area contributed by atoms with Gasteiger partial charge in [-0.1, -0.05) is 13.8 Å². The van der Waals surface area contributed by atoms with Crippen molar-refractivity contribution in [2.75, 3.05) is 18.4 Å². The second-order valence-electron chi connectivity index (χ2n) is 12.5. The molecule has 46 heavy (non-hydrogen) atoms. The molecule has 1 aliphatic heterocycles. The molecule has 252 valence electrons. The van der Waals surface area contributed by atoms with E-state index in [1.165, 1.54) is 17.0 Å². The second kappa shape index (κ2) is 15.8. The molecule has 3 rings (SSSR count). The number of hydrogen-bond acceptors (Lipinski definition) is 8. The Morgan fingerprint density at radius 2 is 1.87 bits per heavy atom. The summed E-state index contributed by atoms with van der Waals surface area (Å²) in [4.78, 5) is 70.6. The molecular formula is C31H44ClN7O7. The first-order valence-electron chi connectivity index (χ1n) is 15.2. The van der Waals surface area contributed by atoms with E-state index in [-0.39, 0.29) is 36.3 Å². The lowest BCUT2D eigenvalue weighted by Crippen LogP contribution is -2.57. The number of nitrogens with zero attached hydrogens (tertiary/aromatic N) is 2. The molecule has 14 nitrogen and oxygen atoms in total. The number of rotatable bonds is 12. The summed E-state index contributed by atoms with van der Waals surface area (Å²) in [6.45, 7) is 9.28. The highest BCUT2D eigenvalue weighted by molar-refractivity contribution is 6.18. The molecule has 0 radical (unpaired) electrons. The average molecular weight is 662 g/mol. The molecule has 0 unspecified atom stereocenters. The van der Waals surface area contributed by atoms with Crippen molar-refractivity contribution in [1.29, 1.82) is 0 Å². The first-order valence-corrected chi connectivity index (χ1v) is 15.7. The minimum absolute atomic E-state index is 0.0983. The van der Waals surface area contributed by atoms with E-state index in [9.17, 15) is 24.0 Å². The van der Waals surface area contributed by atoms with Crippen LogP contribution in [0.15, 0.2) is 38.5 Å². The number of anilines is 1. The van der Waals surface area contributed by atoms with Crippen molar-refractivity contribution in [3.05, 3.63) is 40.2 Å². The summed E-state index contributed by atoms with van der Waals surface area (Å²) in [5, 5.41) is 8.84. The van der Waals surface area contributed by atoms with Gasteiger partial charge in [0.05, 0.1) is 0 Å². The summed E-state index contributed by atoms with van der Waals surface area (Å²) < 4.78 is 10.6. The number of hydrogen-bond donors (Lipinski definition) is 5. The third-order valence-electron chi connectivity index (χ3n) is 7.26. The van der Waals surface area contributed by atoms with Gasteiger partial charge in [-0.2, -0.15) is 0 Å². The van der Waals surface area contributed by atoms with Crippen LogP contribution in [-0.2, 0) is 25.0 Å². The number of ether oxygens (including phenoxy) is 1. The van der Waals surface area contributed by atoms with Crippen molar-refractivity contribution < 1.29 is 28.3 Å². The Bertz CT molecular complexity index is 1510. The molecule has 2 aromatic rings. The molecule has 4 amide bonds. The minimum Gasteiger partial charge on any atom is -0.444 e. The van der Waals surface area contributed by atoms with E-state index < -0.39 is 53.2 Å². The largest absolute Gasteiger partial charge is 0.444 e. The number of alkyl carbamates (subject to hydrolysis) is 1. The number of halogens is 1. The van der Waals surface area contributed by atoms with Crippen molar-refractivity contribution in [3.8, 4) is 0 Å². The standard InChI is InChI=1S/C31H44ClN7O7/c1-17(2)25(38-30(44)46-31(3,4)5)28(43)39-13-7-9-22(39)27(42)37-21(8-6-12-35-29(33)34)26(41)36-19-10-11-20-18(16-32)14-24(40)45-23(20)15-19/h10-11,14-15,17,21-22,25H,6-9,12-13,16H2,1-5H3,(H,36,41)(H,37,42)(H,38,44)(H4,33,34,35)/t21-,22-,25-/m0/s1. The van der Waals surface area contributed by atoms with Gasteiger partial charge in [0, 0.05) is 42.2 Å². The van der Waals surface area contributed by atoms with Gasteiger partial charge in [-0.15, -0.1) is 11.6 Å². The Hall–Kier alpha value is -4.33. The lowest BCUT2D eigenvalue weighted by molar-refractivity contribution is -0.141. The van der Waals surface area contributed by atoms with E-state index >= 15 is 0 Å². The fraction of sp³-hybridized carbons (Fsp3) is 0.548. The highest BCUT2D eigenvalue weighted by Crippen LogP contribution is 2.24. The highest BCUT2D eigenvalue weighted by Gasteiger charge is 2.40. The molecule has 0 spiro atoms. The van der Waals surface area contributed by atoms with E-state index in [1.807, 2.05) is 0 Å². The Morgan fingerprint density at radius 1 is 1.15 bits per heavy atom. The first-order chi connectivity index (χ1) is 21.6. The smallest absolute Gasteiger partial charge is 0.408 e. The van der Waals surface area contributed by atoms with Crippen LogP contribution >= 0.6 is 11.6 Å². The number of aliphatic imine (C=N–C) groups is 1. The van der Waals surface area contributed by atoms with Crippen molar-refractivity contribution in [3.63, 3.8) is 0 Å². The molecule has 3 atom stereocenters. The normalized spacial score (nSPS) is 16.1. The van der Waals surface area contributed by atoms with Crippen LogP contribution in [0.3, 0.4) is 0 Å². The quantitative estimate of drug-likeness (QED) is 0.0742. The number of guanidine groups is 1. The van der Waals surface area contributed by atoms with Crippen LogP contribution in [-0.4, -0.2) is 71.5 Å². The summed E-state index contributed by atoms with van der Waals surface area (Å²) in [7, 11) is 0. The monoisotopic (exact) mass is 661 g/mol. The number of benzene rings is 1. The molecular weight excluding hydrogens is 618 g/mol. The second-order valence-corrected chi connectivity index (χ2v) is 12.8. The fourth-order valence-electron chi connectivity index (χ4n) is 5.12. The average Bonchev–Trinajstić information content (AvgIpc) is 3.45. The van der Waals surface area contributed by atoms with Gasteiger partial charge in [0.1, 0.15) is 29.3 Å². The van der Waals surface area contributed by atoms with Crippen LogP contribution in [0.1, 0.15) is 65.9 Å². The van der Waals surface area contributed by atoms with Gasteiger partial charge < -0.3 is 41.5 Å². The first kappa shape index (κ1) is 36.1. The van der Waals surface area contributed by atoms with Crippen molar-refractivity contribution in [1.82, 2.24) is 15.5 Å². The maximum absolute atomic E-state index is 13.6. The predicted molar refractivity (Wildman–Crippen MR) is 175 cm³/mol. The molecule has 1 saturated heterocycles. The van der Waals surface area contributed by atoms with Crippen molar-refractivity contribution in [2.45, 2.75) is 89.9 Å². The fourth-order valence-corrected chi connectivity index (χ4v) is 5.34. The summed E-state index contributed by atoms with van der Waals surface area (Å²) >= 11 is 5.97. The molecule has 0 aliphatic carbocycles. The van der Waals surface area contributed by atoms with Gasteiger partial charge in [0.15, 0.2) is 5.96 Å². The third kappa shape index (κ3) is 10.1. The zero-order valence-electron chi connectivity index (χ0n) is 26.9. The van der Waals surface area contributed by atoms with E-state index in [0.29, 0.717) is 42.4 Å². The molecule has 1 aromatic carbocycles. The molecule has 15 heteroatoms. The number of amides is 4. The van der Waals surface area contributed by atoms with Crippen LogP contribution in [0.5, 0.6) is 0 Å². The molecule has 1 aromatic heterocycles. The van der Waals surface area contributed by atoms with Gasteiger partial charge in [0.25, 0.3) is 0 Å². The van der Waals surface area contributed by atoms with E-state index in [2.05, 4.69) is 20.9 Å². The number of alkyl halides is 1. The number of likely N-dealkylation sites (tertiary alicyclic amines) is 1. The molecule has 2 heterocycles. The Kier molecular flexibility index (Phi) is 12.4. The van der Waals surface area contributed by atoms with Gasteiger partial charge in [-0.25, -0.2) is 9.59 Å². The summed E-state index contributed by atoms with van der Waals surface area (Å²) in [6, 6.07) is 3.33. The topological polar surface area (TPSA) is 211 Å². The van der Waals surface area contributed by atoms with Gasteiger partial charge >= 0.3 is 11.7 Å². The predicted octanol–water partition coefficient (Wildman–Crippen LogP) is 2.55. The van der Waals surface area contributed by atoms with E-state index in [0.717, 1.165) is 0 Å². The number of carbonyl (C=O) groups excluding carboxylic acids is 4. The molecule has 1 aliphatic rings. The third-order valence-corrected chi connectivity index (χ3v) is 7.55. The van der Waals surface area contributed by atoms with Crippen LogP contribution < -0.4 is 33.0 Å². The Balaban J connectivity index is 1.78. The summed E-state index contributed by atoms with van der Waals surface area (Å²) in [5.41, 5.74) is 10.7. The van der Waals surface area contributed by atoms with Crippen molar-refractivity contribution >= 4 is 58.0 Å². The highest BCUT2D eigenvalue weighted by atomic mass is 35.5. The lowest BCUT2D eigenvalue weighted by atomic mass is 10.0. The van der Waals surface area contributed by atoms with Crippen LogP contribution in [0, 0.1) is 5.92 Å². The maximum atomic E-state index is 13.6. The van der Waals surface area contributed by atoms with Gasteiger partial charge in [0.2, 0.25) is 17.7 Å². The molecule has 0 saturated carbocycles. The number of carbonyl (C=O) groups is 4. The van der Waals surface area contributed by atoms with Crippen LogP contribution in [0.25, 0.3) is 11.0 Å². The summed E-state index contributed by atoms with van der Waals surface area (Å²) in [5.74, 6) is -1.74. The van der Waals surface area contributed by atoms with Gasteiger partial charge in [-0.05, 0) is 70.1 Å². The summed E-state index contributed by atoms with van der Waals surface area (Å²) in [6.07, 6.45) is 0.760.